The van der Waals surface area contributed by atoms with Crippen LogP contribution in [-0.2, 0) is 0 Å². The number of hydrogen-bond acceptors (Lipinski definition) is 6. The molecule has 3 aromatic rings. The Kier molecular flexibility index (Phi) is 7.01. The van der Waals surface area contributed by atoms with Crippen molar-refractivity contribution in [1.29, 1.82) is 0 Å². The number of carbonyl (C=O) groups is 2. The van der Waals surface area contributed by atoms with Gasteiger partial charge in [-0.2, -0.15) is 5.10 Å². The summed E-state index contributed by atoms with van der Waals surface area (Å²) in [6.07, 6.45) is 1.44. The maximum absolute atomic E-state index is 12.4. The number of nitrogens with one attached hydrogen (secondary N) is 1. The van der Waals surface area contributed by atoms with Crippen LogP contribution < -0.4 is 19.6 Å². The van der Waals surface area contributed by atoms with Crippen LogP contribution in [0.3, 0.4) is 0 Å². The number of esters is 1. The number of amides is 1. The molecule has 0 atom stereocenters. The number of rotatable bonds is 7. The molecule has 0 heterocycles. The van der Waals surface area contributed by atoms with Crippen LogP contribution in [0.25, 0.3) is 0 Å². The van der Waals surface area contributed by atoms with Gasteiger partial charge in [0.25, 0.3) is 5.91 Å². The predicted molar refractivity (Wildman–Crippen MR) is 117 cm³/mol. The highest BCUT2D eigenvalue weighted by Gasteiger charge is 2.13. The van der Waals surface area contributed by atoms with Crippen LogP contribution in [0.2, 0.25) is 0 Å². The summed E-state index contributed by atoms with van der Waals surface area (Å²) in [6.45, 7) is 1.91. The number of benzene rings is 3. The van der Waals surface area contributed by atoms with Crippen LogP contribution in [0, 0.1) is 6.92 Å². The summed E-state index contributed by atoms with van der Waals surface area (Å²) in [5, 5.41) is 3.99. The molecule has 0 bridgehead atoms. The van der Waals surface area contributed by atoms with Crippen LogP contribution in [-0.4, -0.2) is 32.3 Å². The third kappa shape index (κ3) is 5.48. The Balaban J connectivity index is 1.73. The molecule has 0 aliphatic heterocycles. The van der Waals surface area contributed by atoms with Crippen molar-refractivity contribution in [3.8, 4) is 17.2 Å². The number of ether oxygens (including phenoxy) is 3. The molecular weight excluding hydrogens is 396 g/mol. The van der Waals surface area contributed by atoms with Gasteiger partial charge in [-0.25, -0.2) is 10.2 Å². The van der Waals surface area contributed by atoms with Gasteiger partial charge in [-0.05, 0) is 60.5 Å². The summed E-state index contributed by atoms with van der Waals surface area (Å²) in [4.78, 5) is 24.8. The molecule has 0 saturated heterocycles. The molecular formula is C24H22N2O5. The molecule has 158 valence electrons. The van der Waals surface area contributed by atoms with Gasteiger partial charge in [-0.3, -0.25) is 4.79 Å². The fourth-order valence-corrected chi connectivity index (χ4v) is 2.80. The molecule has 0 aromatic heterocycles. The molecule has 0 aliphatic rings. The van der Waals surface area contributed by atoms with Crippen molar-refractivity contribution >= 4 is 18.1 Å². The standard InChI is InChI=1S/C24H22N2O5/c1-16-9-11-19(21(13-16)30-3)23(27)26-25-15-17-10-12-20(29-2)22(14-17)31-24(28)18-7-5-4-6-8-18/h4-15H,1-3H3,(H,26,27). The second kappa shape index (κ2) is 10.1. The SMILES string of the molecule is COc1ccc(C=NNC(=O)c2ccc(C)cc2OC)cc1OC(=O)c1ccccc1. The Morgan fingerprint density at radius 3 is 2.32 bits per heavy atom. The van der Waals surface area contributed by atoms with E-state index in [1.165, 1.54) is 20.4 Å². The maximum Gasteiger partial charge on any atom is 0.343 e. The third-order valence-corrected chi connectivity index (χ3v) is 4.38. The lowest BCUT2D eigenvalue weighted by Gasteiger charge is -2.10. The smallest absolute Gasteiger partial charge is 0.343 e. The molecule has 0 unspecified atom stereocenters. The molecule has 0 aliphatic carbocycles. The Bertz CT molecular complexity index is 1110. The van der Waals surface area contributed by atoms with Crippen molar-refractivity contribution in [3.63, 3.8) is 0 Å². The minimum atomic E-state index is -0.507. The van der Waals surface area contributed by atoms with Gasteiger partial charge in [0, 0.05) is 0 Å². The van der Waals surface area contributed by atoms with E-state index in [1.807, 2.05) is 19.1 Å². The molecule has 0 saturated carbocycles. The van der Waals surface area contributed by atoms with Gasteiger partial charge in [-0.15, -0.1) is 0 Å². The number of carbonyl (C=O) groups excluding carboxylic acids is 2. The number of hydrazone groups is 1. The van der Waals surface area contributed by atoms with Crippen LogP contribution in [0.15, 0.2) is 71.8 Å². The summed E-state index contributed by atoms with van der Waals surface area (Å²) in [5.74, 6) is 0.194. The highest BCUT2D eigenvalue weighted by atomic mass is 16.6. The van der Waals surface area contributed by atoms with Crippen molar-refractivity contribution in [2.75, 3.05) is 14.2 Å². The van der Waals surface area contributed by atoms with Crippen molar-refractivity contribution < 1.29 is 23.8 Å². The van der Waals surface area contributed by atoms with Crippen molar-refractivity contribution in [2.24, 2.45) is 5.10 Å². The first-order chi connectivity index (χ1) is 15.0. The first-order valence-electron chi connectivity index (χ1n) is 9.45. The van der Waals surface area contributed by atoms with Gasteiger partial charge in [0.2, 0.25) is 0 Å². The zero-order valence-corrected chi connectivity index (χ0v) is 17.4. The highest BCUT2D eigenvalue weighted by Crippen LogP contribution is 2.28. The van der Waals surface area contributed by atoms with Gasteiger partial charge < -0.3 is 14.2 Å². The van der Waals surface area contributed by atoms with Crippen LogP contribution in [0.1, 0.15) is 31.8 Å². The Morgan fingerprint density at radius 2 is 1.61 bits per heavy atom. The molecule has 0 spiro atoms. The second-order valence-corrected chi connectivity index (χ2v) is 6.57. The van der Waals surface area contributed by atoms with E-state index >= 15 is 0 Å². The van der Waals surface area contributed by atoms with E-state index in [-0.39, 0.29) is 5.75 Å². The summed E-state index contributed by atoms with van der Waals surface area (Å²) < 4.78 is 16.0. The fraction of sp³-hybridized carbons (Fsp3) is 0.125. The minimum absolute atomic E-state index is 0.242. The molecule has 0 fully saturated rings. The van der Waals surface area contributed by atoms with Crippen LogP contribution >= 0.6 is 0 Å². The largest absolute Gasteiger partial charge is 0.496 e. The Hall–Kier alpha value is -4.13. The summed E-state index contributed by atoms with van der Waals surface area (Å²) >= 11 is 0. The molecule has 31 heavy (non-hydrogen) atoms. The van der Waals surface area contributed by atoms with Gasteiger partial charge in [0.05, 0.1) is 31.6 Å². The normalized spacial score (nSPS) is 10.5. The average Bonchev–Trinajstić information content (AvgIpc) is 2.79. The van der Waals surface area contributed by atoms with Crippen LogP contribution in [0.5, 0.6) is 17.2 Å². The first-order valence-corrected chi connectivity index (χ1v) is 9.45. The van der Waals surface area contributed by atoms with Crippen LogP contribution in [0.4, 0.5) is 0 Å². The molecule has 1 N–H and O–H groups in total. The Labute approximate surface area is 180 Å². The Morgan fingerprint density at radius 1 is 0.871 bits per heavy atom. The highest BCUT2D eigenvalue weighted by molar-refractivity contribution is 5.97. The van der Waals surface area contributed by atoms with Gasteiger partial charge in [0.1, 0.15) is 5.75 Å². The summed E-state index contributed by atoms with van der Waals surface area (Å²) in [5.41, 5.74) is 4.84. The lowest BCUT2D eigenvalue weighted by Crippen LogP contribution is -2.18. The molecule has 3 rings (SSSR count). The molecule has 3 aromatic carbocycles. The zero-order valence-electron chi connectivity index (χ0n) is 17.4. The van der Waals surface area contributed by atoms with Crippen molar-refractivity contribution in [3.05, 3.63) is 89.0 Å². The number of methoxy groups -OCH3 is 2. The summed E-state index contributed by atoms with van der Waals surface area (Å²) in [7, 11) is 2.99. The molecule has 1 amide bonds. The maximum atomic E-state index is 12.4. The number of nitrogens with zero attached hydrogens (tertiary/aromatic N) is 1. The van der Waals surface area contributed by atoms with E-state index in [2.05, 4.69) is 10.5 Å². The van der Waals surface area contributed by atoms with E-state index in [0.29, 0.717) is 28.2 Å². The van der Waals surface area contributed by atoms with E-state index in [4.69, 9.17) is 14.2 Å². The lowest BCUT2D eigenvalue weighted by molar-refractivity contribution is 0.0729. The van der Waals surface area contributed by atoms with E-state index < -0.39 is 11.9 Å². The second-order valence-electron chi connectivity index (χ2n) is 6.57. The number of hydrogen-bond donors (Lipinski definition) is 1. The van der Waals surface area contributed by atoms with Gasteiger partial charge in [-0.1, -0.05) is 24.3 Å². The average molecular weight is 418 g/mol. The predicted octanol–water partition coefficient (Wildman–Crippen LogP) is 4.00. The van der Waals surface area contributed by atoms with E-state index in [0.717, 1.165) is 5.56 Å². The summed E-state index contributed by atoms with van der Waals surface area (Å²) in [6, 6.07) is 18.9. The zero-order chi connectivity index (χ0) is 22.2. The number of aryl methyl sites for hydroxylation is 1. The molecule has 0 radical (unpaired) electrons. The quantitative estimate of drug-likeness (QED) is 0.271. The first kappa shape index (κ1) is 21.6. The van der Waals surface area contributed by atoms with Gasteiger partial charge >= 0.3 is 5.97 Å². The molecule has 7 heteroatoms. The van der Waals surface area contributed by atoms with E-state index in [1.54, 1.807) is 54.6 Å². The van der Waals surface area contributed by atoms with Crippen molar-refractivity contribution in [1.82, 2.24) is 5.43 Å². The van der Waals surface area contributed by atoms with Gasteiger partial charge in [0.15, 0.2) is 11.5 Å². The topological polar surface area (TPSA) is 86.2 Å². The fourth-order valence-electron chi connectivity index (χ4n) is 2.80. The third-order valence-electron chi connectivity index (χ3n) is 4.38. The van der Waals surface area contributed by atoms with E-state index in [9.17, 15) is 9.59 Å². The minimum Gasteiger partial charge on any atom is -0.496 e. The lowest BCUT2D eigenvalue weighted by atomic mass is 10.1. The van der Waals surface area contributed by atoms with Crippen molar-refractivity contribution in [2.45, 2.75) is 6.92 Å². The molecule has 7 nitrogen and oxygen atoms in total. The monoisotopic (exact) mass is 418 g/mol.